The Labute approximate surface area is 114 Å². The molecule has 0 amide bonds. The van der Waals surface area contributed by atoms with Crippen LogP contribution in [0.15, 0.2) is 20.5 Å². The third kappa shape index (κ3) is 4.09. The number of hydrogen-bond acceptors (Lipinski definition) is 7. The van der Waals surface area contributed by atoms with E-state index in [1.165, 1.54) is 17.8 Å². The molecular weight excluding hydrogens is 266 g/mol. The van der Waals surface area contributed by atoms with Crippen molar-refractivity contribution in [2.24, 2.45) is 0 Å². The fourth-order valence-corrected chi connectivity index (χ4v) is 2.16. The number of hydrogen-bond donors (Lipinski definition) is 2. The van der Waals surface area contributed by atoms with E-state index in [-0.39, 0.29) is 11.4 Å². The summed E-state index contributed by atoms with van der Waals surface area (Å²) in [6.45, 7) is 2.11. The highest BCUT2D eigenvalue weighted by molar-refractivity contribution is 7.98. The van der Waals surface area contributed by atoms with Gasteiger partial charge in [0.15, 0.2) is 11.0 Å². The molecule has 0 spiro atoms. The van der Waals surface area contributed by atoms with Crippen molar-refractivity contribution in [3.05, 3.63) is 28.1 Å². The molecule has 0 aliphatic heterocycles. The summed E-state index contributed by atoms with van der Waals surface area (Å²) in [5.41, 5.74) is 5.22. The molecule has 2 aromatic heterocycles. The van der Waals surface area contributed by atoms with Crippen molar-refractivity contribution < 1.29 is 4.52 Å². The maximum atomic E-state index is 11.2. The predicted octanol–water partition coefficient (Wildman–Crippen LogP) is 1.37. The molecule has 3 N–H and O–H groups in total. The van der Waals surface area contributed by atoms with Gasteiger partial charge in [-0.25, -0.2) is 4.98 Å². The van der Waals surface area contributed by atoms with E-state index < -0.39 is 0 Å². The normalized spacial score (nSPS) is 10.8. The lowest BCUT2D eigenvalue weighted by atomic mass is 10.2. The topological polar surface area (TPSA) is 111 Å². The van der Waals surface area contributed by atoms with Crippen LogP contribution in [0.4, 0.5) is 5.82 Å². The van der Waals surface area contributed by atoms with Crippen LogP contribution in [0.5, 0.6) is 0 Å². The molecule has 0 saturated heterocycles. The SMILES string of the molecule is CCCCc1noc(CSc2nc(N)cc(=O)[nH]2)n1. The van der Waals surface area contributed by atoms with E-state index in [1.54, 1.807) is 0 Å². The van der Waals surface area contributed by atoms with Crippen LogP contribution in [0.1, 0.15) is 31.5 Å². The highest BCUT2D eigenvalue weighted by atomic mass is 32.2. The summed E-state index contributed by atoms with van der Waals surface area (Å²) in [6.07, 6.45) is 2.95. The van der Waals surface area contributed by atoms with Gasteiger partial charge in [0.1, 0.15) is 5.82 Å². The van der Waals surface area contributed by atoms with Crippen molar-refractivity contribution >= 4 is 17.6 Å². The van der Waals surface area contributed by atoms with Gasteiger partial charge >= 0.3 is 0 Å². The van der Waals surface area contributed by atoms with Crippen LogP contribution in [0.25, 0.3) is 0 Å². The van der Waals surface area contributed by atoms with E-state index in [2.05, 4.69) is 27.0 Å². The standard InChI is InChI=1S/C11H15N5O2S/c1-2-3-4-8-14-10(18-16-8)6-19-11-13-7(12)5-9(17)15-11/h5H,2-4,6H2,1H3,(H3,12,13,15,17). The molecule has 102 valence electrons. The van der Waals surface area contributed by atoms with Gasteiger partial charge in [-0.05, 0) is 6.42 Å². The number of H-pyrrole nitrogens is 1. The molecule has 19 heavy (non-hydrogen) atoms. The van der Waals surface area contributed by atoms with Gasteiger partial charge in [-0.3, -0.25) is 4.79 Å². The third-order valence-corrected chi connectivity index (χ3v) is 3.19. The zero-order chi connectivity index (χ0) is 13.7. The van der Waals surface area contributed by atoms with Crippen LogP contribution in [0.3, 0.4) is 0 Å². The smallest absolute Gasteiger partial charge is 0.253 e. The molecule has 7 nitrogen and oxygen atoms in total. The van der Waals surface area contributed by atoms with Crippen molar-refractivity contribution in [3.63, 3.8) is 0 Å². The summed E-state index contributed by atoms with van der Waals surface area (Å²) in [5.74, 6) is 1.87. The number of nitrogens with one attached hydrogen (secondary N) is 1. The van der Waals surface area contributed by atoms with E-state index >= 15 is 0 Å². The molecule has 0 radical (unpaired) electrons. The summed E-state index contributed by atoms with van der Waals surface area (Å²) in [6, 6.07) is 1.24. The fraction of sp³-hybridized carbons (Fsp3) is 0.455. The molecule has 0 aromatic carbocycles. The quantitative estimate of drug-likeness (QED) is 0.607. The zero-order valence-electron chi connectivity index (χ0n) is 10.5. The Hall–Kier alpha value is -1.83. The number of nitrogens with zero attached hydrogens (tertiary/aromatic N) is 3. The van der Waals surface area contributed by atoms with Crippen molar-refractivity contribution in [1.82, 2.24) is 20.1 Å². The maximum Gasteiger partial charge on any atom is 0.253 e. The Morgan fingerprint density at radius 1 is 1.47 bits per heavy atom. The molecule has 0 aliphatic rings. The van der Waals surface area contributed by atoms with Gasteiger partial charge < -0.3 is 15.2 Å². The molecule has 0 unspecified atom stereocenters. The number of nitrogen functional groups attached to an aromatic ring is 1. The largest absolute Gasteiger partial charge is 0.383 e. The molecule has 2 rings (SSSR count). The fourth-order valence-electron chi connectivity index (χ4n) is 1.44. The van der Waals surface area contributed by atoms with Crippen LogP contribution in [-0.4, -0.2) is 20.1 Å². The van der Waals surface area contributed by atoms with Crippen molar-refractivity contribution in [2.75, 3.05) is 5.73 Å². The summed E-state index contributed by atoms with van der Waals surface area (Å²) in [5, 5.41) is 4.33. The molecule has 2 aromatic rings. The van der Waals surface area contributed by atoms with Crippen LogP contribution >= 0.6 is 11.8 Å². The second-order valence-corrected chi connectivity index (χ2v) is 4.94. The van der Waals surface area contributed by atoms with Gasteiger partial charge in [0.05, 0.1) is 5.75 Å². The summed E-state index contributed by atoms with van der Waals surface area (Å²) < 4.78 is 5.11. The van der Waals surface area contributed by atoms with Gasteiger partial charge in [0.25, 0.3) is 5.56 Å². The Bertz CT molecular complexity index is 595. The van der Waals surface area contributed by atoms with E-state index in [0.29, 0.717) is 22.6 Å². The van der Waals surface area contributed by atoms with Gasteiger partial charge in [0.2, 0.25) is 5.89 Å². The first-order valence-electron chi connectivity index (χ1n) is 5.98. The molecule has 8 heteroatoms. The minimum atomic E-state index is -0.274. The molecule has 0 bridgehead atoms. The number of aryl methyl sites for hydroxylation is 1. The minimum Gasteiger partial charge on any atom is -0.383 e. The highest BCUT2D eigenvalue weighted by Crippen LogP contribution is 2.17. The van der Waals surface area contributed by atoms with Crippen molar-refractivity contribution in [3.8, 4) is 0 Å². The third-order valence-electron chi connectivity index (χ3n) is 2.34. The number of nitrogens with two attached hydrogens (primary N) is 1. The van der Waals surface area contributed by atoms with Gasteiger partial charge in [0, 0.05) is 12.5 Å². The van der Waals surface area contributed by atoms with Gasteiger partial charge in [-0.15, -0.1) is 0 Å². The van der Waals surface area contributed by atoms with Gasteiger partial charge in [-0.2, -0.15) is 4.98 Å². The average Bonchev–Trinajstić information content (AvgIpc) is 2.81. The second kappa shape index (κ2) is 6.37. The Kier molecular flexibility index (Phi) is 4.56. The van der Waals surface area contributed by atoms with E-state index in [9.17, 15) is 4.79 Å². The number of thioether (sulfide) groups is 1. The van der Waals surface area contributed by atoms with Crippen LogP contribution in [0.2, 0.25) is 0 Å². The molecule has 0 saturated carbocycles. The Balaban J connectivity index is 1.94. The lowest BCUT2D eigenvalue weighted by Crippen LogP contribution is -2.09. The first-order chi connectivity index (χ1) is 9.17. The van der Waals surface area contributed by atoms with E-state index in [1.807, 2.05) is 0 Å². The summed E-state index contributed by atoms with van der Waals surface area (Å²) in [7, 11) is 0. The highest BCUT2D eigenvalue weighted by Gasteiger charge is 2.08. The number of anilines is 1. The number of rotatable bonds is 6. The summed E-state index contributed by atoms with van der Waals surface area (Å²) in [4.78, 5) is 22.0. The number of unbranched alkanes of at least 4 members (excludes halogenated alkanes) is 1. The summed E-state index contributed by atoms with van der Waals surface area (Å²) >= 11 is 1.30. The number of aromatic amines is 1. The minimum absolute atomic E-state index is 0.195. The lowest BCUT2D eigenvalue weighted by molar-refractivity contribution is 0.384. The Morgan fingerprint density at radius 2 is 2.32 bits per heavy atom. The van der Waals surface area contributed by atoms with Crippen LogP contribution in [-0.2, 0) is 12.2 Å². The Morgan fingerprint density at radius 3 is 3.05 bits per heavy atom. The molecule has 0 atom stereocenters. The second-order valence-electron chi connectivity index (χ2n) is 3.97. The molecular formula is C11H15N5O2S. The molecule has 0 aliphatic carbocycles. The van der Waals surface area contributed by atoms with Crippen LogP contribution < -0.4 is 11.3 Å². The van der Waals surface area contributed by atoms with Crippen molar-refractivity contribution in [2.45, 2.75) is 37.1 Å². The first-order valence-corrected chi connectivity index (χ1v) is 6.97. The monoisotopic (exact) mass is 281 g/mol. The van der Waals surface area contributed by atoms with Crippen LogP contribution in [0, 0.1) is 0 Å². The first kappa shape index (κ1) is 13.6. The van der Waals surface area contributed by atoms with Gasteiger partial charge in [-0.1, -0.05) is 30.3 Å². The van der Waals surface area contributed by atoms with Crippen molar-refractivity contribution in [1.29, 1.82) is 0 Å². The van der Waals surface area contributed by atoms with E-state index in [4.69, 9.17) is 10.3 Å². The molecule has 0 fully saturated rings. The maximum absolute atomic E-state index is 11.2. The average molecular weight is 281 g/mol. The number of aromatic nitrogens is 4. The van der Waals surface area contributed by atoms with E-state index in [0.717, 1.165) is 19.3 Å². The zero-order valence-corrected chi connectivity index (χ0v) is 11.4. The lowest BCUT2D eigenvalue weighted by Gasteiger charge is -1.98. The molecule has 2 heterocycles. The predicted molar refractivity (Wildman–Crippen MR) is 71.7 cm³/mol.